The molecule has 1 saturated carbocycles. The van der Waals surface area contributed by atoms with Crippen LogP contribution in [0, 0.1) is 0 Å². The third-order valence-electron chi connectivity index (χ3n) is 2.67. The molecule has 15 heavy (non-hydrogen) atoms. The zero-order valence-corrected chi connectivity index (χ0v) is 9.93. The lowest BCUT2D eigenvalue weighted by Gasteiger charge is -2.28. The first-order valence-corrected chi connectivity index (χ1v) is 6.37. The minimum Gasteiger partial charge on any atom is -0.462 e. The van der Waals surface area contributed by atoms with E-state index in [1.165, 1.54) is 13.5 Å². The Labute approximate surface area is 94.1 Å². The molecule has 0 aromatic rings. The highest BCUT2D eigenvalue weighted by molar-refractivity contribution is 7.99. The van der Waals surface area contributed by atoms with Gasteiger partial charge in [-0.3, -0.25) is 4.79 Å². The summed E-state index contributed by atoms with van der Waals surface area (Å²) in [5, 5.41) is 3.31. The van der Waals surface area contributed by atoms with Crippen LogP contribution in [0.25, 0.3) is 0 Å². The third-order valence-corrected chi connectivity index (χ3v) is 3.76. The molecule has 2 atom stereocenters. The van der Waals surface area contributed by atoms with Gasteiger partial charge in [-0.15, -0.1) is 0 Å². The molecule has 0 spiro atoms. The molecular formula is C10H17NO3S. The molecule has 4 nitrogen and oxygen atoms in total. The van der Waals surface area contributed by atoms with E-state index in [1.807, 2.05) is 11.8 Å². The van der Waals surface area contributed by atoms with Crippen molar-refractivity contribution in [3.8, 4) is 0 Å². The maximum atomic E-state index is 11.2. The Morgan fingerprint density at radius 2 is 2.13 bits per heavy atom. The zero-order valence-electron chi connectivity index (χ0n) is 9.12. The highest BCUT2D eigenvalue weighted by Gasteiger charge is 2.25. The number of carbonyl (C=O) groups excluding carboxylic acids is 2. The van der Waals surface area contributed by atoms with Gasteiger partial charge in [-0.25, -0.2) is 4.79 Å². The third kappa shape index (κ3) is 3.74. The molecule has 0 aromatic heterocycles. The first-order valence-electron chi connectivity index (χ1n) is 5.09. The van der Waals surface area contributed by atoms with E-state index in [9.17, 15) is 9.59 Å². The van der Waals surface area contributed by atoms with Gasteiger partial charge in [0.25, 0.3) is 0 Å². The molecule has 0 bridgehead atoms. The Kier molecular flexibility index (Phi) is 4.94. The monoisotopic (exact) mass is 231 g/mol. The van der Waals surface area contributed by atoms with E-state index in [0.29, 0.717) is 5.25 Å². The van der Waals surface area contributed by atoms with Crippen LogP contribution in [0.15, 0.2) is 0 Å². The van der Waals surface area contributed by atoms with Gasteiger partial charge in [0, 0.05) is 11.3 Å². The summed E-state index contributed by atoms with van der Waals surface area (Å²) in [4.78, 5) is 22.1. The fourth-order valence-corrected chi connectivity index (χ4v) is 2.65. The van der Waals surface area contributed by atoms with Gasteiger partial charge in [-0.05, 0) is 25.5 Å². The van der Waals surface area contributed by atoms with Crippen molar-refractivity contribution in [2.45, 2.75) is 37.0 Å². The average Bonchev–Trinajstić information content (AvgIpc) is 2.28. The highest BCUT2D eigenvalue weighted by Crippen LogP contribution is 2.26. The summed E-state index contributed by atoms with van der Waals surface area (Å²) in [7, 11) is 1.22. The molecule has 1 amide bonds. The molecule has 0 heterocycles. The molecule has 86 valence electrons. The lowest BCUT2D eigenvalue weighted by Crippen LogP contribution is -2.42. The number of hydrogen-bond acceptors (Lipinski definition) is 4. The number of amides is 1. The second kappa shape index (κ2) is 6.00. The summed E-state index contributed by atoms with van der Waals surface area (Å²) in [6.07, 6.45) is 6.29. The second-order valence-corrected chi connectivity index (χ2v) is 4.82. The number of methoxy groups -OCH3 is 1. The molecule has 1 rings (SSSR count). The summed E-state index contributed by atoms with van der Waals surface area (Å²) in [5.74, 6) is -1.43. The van der Waals surface area contributed by atoms with Crippen molar-refractivity contribution in [3.63, 3.8) is 0 Å². The van der Waals surface area contributed by atoms with Gasteiger partial charge in [0.15, 0.2) is 0 Å². The molecule has 0 aliphatic heterocycles. The molecule has 5 heteroatoms. The highest BCUT2D eigenvalue weighted by atomic mass is 32.2. The lowest BCUT2D eigenvalue weighted by atomic mass is 9.95. The van der Waals surface area contributed by atoms with Crippen molar-refractivity contribution in [2.75, 3.05) is 13.4 Å². The number of hydrogen-bond donors (Lipinski definition) is 1. The van der Waals surface area contributed by atoms with Gasteiger partial charge in [-0.2, -0.15) is 11.8 Å². The quantitative estimate of drug-likeness (QED) is 0.568. The molecule has 1 aliphatic carbocycles. The fraction of sp³-hybridized carbons (Fsp3) is 0.800. The van der Waals surface area contributed by atoms with E-state index in [0.717, 1.165) is 19.3 Å². The van der Waals surface area contributed by atoms with Crippen LogP contribution < -0.4 is 5.32 Å². The van der Waals surface area contributed by atoms with Crippen molar-refractivity contribution in [1.29, 1.82) is 0 Å². The van der Waals surface area contributed by atoms with Crippen LogP contribution in [0.5, 0.6) is 0 Å². The van der Waals surface area contributed by atoms with Crippen molar-refractivity contribution in [2.24, 2.45) is 0 Å². The van der Waals surface area contributed by atoms with Crippen LogP contribution in [0.3, 0.4) is 0 Å². The largest absolute Gasteiger partial charge is 0.462 e. The predicted molar refractivity (Wildman–Crippen MR) is 59.7 cm³/mol. The van der Waals surface area contributed by atoms with Crippen LogP contribution in [0.4, 0.5) is 0 Å². The van der Waals surface area contributed by atoms with Crippen LogP contribution >= 0.6 is 11.8 Å². The SMILES string of the molecule is COC(=O)C(=O)NC1CCCC(SC)C1. The summed E-state index contributed by atoms with van der Waals surface area (Å²) >= 11 is 1.82. The standard InChI is InChI=1S/C10H17NO3S/c1-14-10(13)9(12)11-7-4-3-5-8(6-7)15-2/h7-8H,3-6H2,1-2H3,(H,11,12). The Hall–Kier alpha value is -0.710. The van der Waals surface area contributed by atoms with E-state index >= 15 is 0 Å². The molecular weight excluding hydrogens is 214 g/mol. The van der Waals surface area contributed by atoms with E-state index in [-0.39, 0.29) is 6.04 Å². The molecule has 0 radical (unpaired) electrons. The summed E-state index contributed by atoms with van der Waals surface area (Å²) in [5.41, 5.74) is 0. The number of nitrogens with one attached hydrogen (secondary N) is 1. The summed E-state index contributed by atoms with van der Waals surface area (Å²) < 4.78 is 4.35. The van der Waals surface area contributed by atoms with E-state index in [2.05, 4.69) is 16.3 Å². The number of thioether (sulfide) groups is 1. The van der Waals surface area contributed by atoms with E-state index in [4.69, 9.17) is 0 Å². The van der Waals surface area contributed by atoms with Gasteiger partial charge in [0.1, 0.15) is 0 Å². The maximum Gasteiger partial charge on any atom is 0.396 e. The molecule has 0 aromatic carbocycles. The van der Waals surface area contributed by atoms with Crippen molar-refractivity contribution >= 4 is 23.6 Å². The van der Waals surface area contributed by atoms with E-state index in [1.54, 1.807) is 0 Å². The maximum absolute atomic E-state index is 11.2. The minimum atomic E-state index is -0.804. The molecule has 1 fully saturated rings. The first kappa shape index (κ1) is 12.4. The zero-order chi connectivity index (χ0) is 11.3. The normalized spacial score (nSPS) is 25.7. The number of ether oxygens (including phenoxy) is 1. The van der Waals surface area contributed by atoms with Gasteiger partial charge < -0.3 is 10.1 Å². The van der Waals surface area contributed by atoms with Crippen molar-refractivity contribution in [3.05, 3.63) is 0 Å². The second-order valence-electron chi connectivity index (χ2n) is 3.69. The van der Waals surface area contributed by atoms with Crippen molar-refractivity contribution < 1.29 is 14.3 Å². The summed E-state index contributed by atoms with van der Waals surface area (Å²) in [6.45, 7) is 0. The minimum absolute atomic E-state index is 0.128. The molecule has 2 unspecified atom stereocenters. The van der Waals surface area contributed by atoms with Crippen molar-refractivity contribution in [1.82, 2.24) is 5.32 Å². The first-order chi connectivity index (χ1) is 7.17. The average molecular weight is 231 g/mol. The molecule has 1 aliphatic rings. The summed E-state index contributed by atoms with van der Waals surface area (Å²) in [6, 6.07) is 0.128. The van der Waals surface area contributed by atoms with Gasteiger partial charge in [0.05, 0.1) is 7.11 Å². The molecule has 1 N–H and O–H groups in total. The number of esters is 1. The van der Waals surface area contributed by atoms with Gasteiger partial charge >= 0.3 is 11.9 Å². The Morgan fingerprint density at radius 1 is 1.40 bits per heavy atom. The topological polar surface area (TPSA) is 55.4 Å². The Morgan fingerprint density at radius 3 is 2.73 bits per heavy atom. The van der Waals surface area contributed by atoms with Gasteiger partial charge in [-0.1, -0.05) is 6.42 Å². The number of rotatable bonds is 2. The van der Waals surface area contributed by atoms with Crippen LogP contribution in [0.2, 0.25) is 0 Å². The fourth-order valence-electron chi connectivity index (χ4n) is 1.83. The Balaban J connectivity index is 2.37. The van der Waals surface area contributed by atoms with Crippen LogP contribution in [-0.4, -0.2) is 36.5 Å². The predicted octanol–water partition coefficient (Wildman–Crippen LogP) is 0.950. The number of carbonyl (C=O) groups is 2. The van der Waals surface area contributed by atoms with Crippen LogP contribution in [-0.2, 0) is 14.3 Å². The lowest BCUT2D eigenvalue weighted by molar-refractivity contribution is -0.153. The molecule has 0 saturated heterocycles. The van der Waals surface area contributed by atoms with Gasteiger partial charge in [0.2, 0.25) is 0 Å². The van der Waals surface area contributed by atoms with E-state index < -0.39 is 11.9 Å². The smallest absolute Gasteiger partial charge is 0.396 e. The Bertz CT molecular complexity index is 245. The van der Waals surface area contributed by atoms with Crippen LogP contribution in [0.1, 0.15) is 25.7 Å².